The van der Waals surface area contributed by atoms with Crippen molar-refractivity contribution in [2.45, 2.75) is 6.54 Å². The number of aromatic nitrogens is 3. The second-order valence-electron chi connectivity index (χ2n) is 3.34. The smallest absolute Gasteiger partial charge is 0.237 e. The van der Waals surface area contributed by atoms with Gasteiger partial charge in [-0.15, -0.1) is 0 Å². The number of carbonyl (C=O) groups excluding carboxylic acids is 1. The van der Waals surface area contributed by atoms with Crippen molar-refractivity contribution >= 4 is 11.7 Å². The summed E-state index contributed by atoms with van der Waals surface area (Å²) in [5.41, 5.74) is 12.2. The lowest BCUT2D eigenvalue weighted by molar-refractivity contribution is -0.118. The maximum absolute atomic E-state index is 10.8. The van der Waals surface area contributed by atoms with Crippen molar-refractivity contribution in [1.82, 2.24) is 14.5 Å². The number of nitrogens with two attached hydrogens (primary N) is 2. The molecule has 0 aliphatic rings. The Morgan fingerprint density at radius 1 is 1.38 bits per heavy atom. The van der Waals surface area contributed by atoms with E-state index in [2.05, 4.69) is 9.97 Å². The van der Waals surface area contributed by atoms with Crippen LogP contribution in [0.15, 0.2) is 30.9 Å². The predicted octanol–water partition coefficient (Wildman–Crippen LogP) is 0.0126. The number of amides is 1. The van der Waals surface area contributed by atoms with Crippen LogP contribution >= 0.6 is 0 Å². The molecule has 0 spiro atoms. The minimum atomic E-state index is -0.414. The Morgan fingerprint density at radius 2 is 2.19 bits per heavy atom. The summed E-state index contributed by atoms with van der Waals surface area (Å²) < 4.78 is 1.66. The summed E-state index contributed by atoms with van der Waals surface area (Å²) in [5.74, 6) is 0.0346. The normalized spacial score (nSPS) is 10.2. The minimum absolute atomic E-state index is 0.0969. The lowest BCUT2D eigenvalue weighted by Gasteiger charge is -2.05. The standard InChI is InChI=1S/C10H11N5O/c11-9-2-1-7(3-14-9)8-4-13-6-15(8)5-10(12)16/h1-4,6H,5H2,(H2,11,14)(H2,12,16). The fourth-order valence-corrected chi connectivity index (χ4v) is 1.41. The van der Waals surface area contributed by atoms with E-state index in [-0.39, 0.29) is 6.54 Å². The molecule has 82 valence electrons. The molecule has 0 bridgehead atoms. The van der Waals surface area contributed by atoms with E-state index in [4.69, 9.17) is 11.5 Å². The molecule has 2 aromatic rings. The number of hydrogen-bond acceptors (Lipinski definition) is 4. The molecule has 0 aliphatic carbocycles. The van der Waals surface area contributed by atoms with E-state index in [0.717, 1.165) is 11.3 Å². The van der Waals surface area contributed by atoms with Crippen LogP contribution in [-0.2, 0) is 11.3 Å². The summed E-state index contributed by atoms with van der Waals surface area (Å²) in [4.78, 5) is 18.8. The van der Waals surface area contributed by atoms with Gasteiger partial charge in [0.25, 0.3) is 0 Å². The molecule has 2 rings (SSSR count). The first kappa shape index (κ1) is 10.2. The van der Waals surface area contributed by atoms with Gasteiger partial charge >= 0.3 is 0 Å². The van der Waals surface area contributed by atoms with Crippen LogP contribution in [-0.4, -0.2) is 20.4 Å². The molecule has 0 atom stereocenters. The molecule has 0 aliphatic heterocycles. The van der Waals surface area contributed by atoms with E-state index in [1.54, 1.807) is 29.4 Å². The summed E-state index contributed by atoms with van der Waals surface area (Å²) in [6.45, 7) is 0.0969. The van der Waals surface area contributed by atoms with Gasteiger partial charge in [-0.1, -0.05) is 0 Å². The SMILES string of the molecule is NC(=O)Cn1cncc1-c1ccc(N)nc1. The number of primary amides is 1. The first-order chi connectivity index (χ1) is 7.66. The van der Waals surface area contributed by atoms with Crippen LogP contribution in [0.3, 0.4) is 0 Å². The lowest BCUT2D eigenvalue weighted by Crippen LogP contribution is -2.18. The molecule has 2 heterocycles. The first-order valence-electron chi connectivity index (χ1n) is 4.67. The van der Waals surface area contributed by atoms with E-state index in [0.29, 0.717) is 5.82 Å². The van der Waals surface area contributed by atoms with Crippen LogP contribution in [0.1, 0.15) is 0 Å². The van der Waals surface area contributed by atoms with Crippen molar-refractivity contribution in [3.63, 3.8) is 0 Å². The number of carbonyl (C=O) groups is 1. The summed E-state index contributed by atoms with van der Waals surface area (Å²) in [5, 5.41) is 0. The molecule has 6 nitrogen and oxygen atoms in total. The average Bonchev–Trinajstić information content (AvgIpc) is 2.66. The molecular weight excluding hydrogens is 206 g/mol. The van der Waals surface area contributed by atoms with Crippen molar-refractivity contribution in [3.05, 3.63) is 30.9 Å². The van der Waals surface area contributed by atoms with Gasteiger partial charge in [0.2, 0.25) is 5.91 Å². The predicted molar refractivity (Wildman–Crippen MR) is 59.1 cm³/mol. The summed E-state index contributed by atoms with van der Waals surface area (Å²) in [6.07, 6.45) is 4.83. The van der Waals surface area contributed by atoms with Crippen LogP contribution in [0.4, 0.5) is 5.82 Å². The third-order valence-electron chi connectivity index (χ3n) is 2.12. The van der Waals surface area contributed by atoms with Gasteiger partial charge in [0.1, 0.15) is 12.4 Å². The fourth-order valence-electron chi connectivity index (χ4n) is 1.41. The van der Waals surface area contributed by atoms with E-state index in [1.165, 1.54) is 0 Å². The molecular formula is C10H11N5O. The van der Waals surface area contributed by atoms with Gasteiger partial charge in [0.15, 0.2) is 0 Å². The van der Waals surface area contributed by atoms with Crippen molar-refractivity contribution in [2.24, 2.45) is 5.73 Å². The summed E-state index contributed by atoms with van der Waals surface area (Å²) >= 11 is 0. The molecule has 16 heavy (non-hydrogen) atoms. The van der Waals surface area contributed by atoms with Gasteiger partial charge in [-0.05, 0) is 12.1 Å². The van der Waals surface area contributed by atoms with E-state index in [9.17, 15) is 4.79 Å². The van der Waals surface area contributed by atoms with Crippen LogP contribution in [0.5, 0.6) is 0 Å². The van der Waals surface area contributed by atoms with Crippen molar-refractivity contribution in [3.8, 4) is 11.3 Å². The number of nitrogen functional groups attached to an aromatic ring is 1. The van der Waals surface area contributed by atoms with Gasteiger partial charge in [-0.2, -0.15) is 0 Å². The molecule has 0 aromatic carbocycles. The number of hydrogen-bond donors (Lipinski definition) is 2. The van der Waals surface area contributed by atoms with Crippen LogP contribution in [0.2, 0.25) is 0 Å². The molecule has 0 fully saturated rings. The van der Waals surface area contributed by atoms with Crippen molar-refractivity contribution in [1.29, 1.82) is 0 Å². The molecule has 1 amide bonds. The number of anilines is 1. The maximum Gasteiger partial charge on any atom is 0.237 e. The third kappa shape index (κ3) is 2.00. The van der Waals surface area contributed by atoms with Crippen molar-refractivity contribution < 1.29 is 4.79 Å². The summed E-state index contributed by atoms with van der Waals surface area (Å²) in [7, 11) is 0. The number of nitrogens with zero attached hydrogens (tertiary/aromatic N) is 3. The quantitative estimate of drug-likeness (QED) is 0.756. The largest absolute Gasteiger partial charge is 0.384 e. The van der Waals surface area contributed by atoms with E-state index < -0.39 is 5.91 Å². The van der Waals surface area contributed by atoms with Gasteiger partial charge < -0.3 is 16.0 Å². The van der Waals surface area contributed by atoms with Crippen LogP contribution in [0, 0.1) is 0 Å². The number of pyridine rings is 1. The number of rotatable bonds is 3. The highest BCUT2D eigenvalue weighted by Gasteiger charge is 2.07. The zero-order chi connectivity index (χ0) is 11.5. The van der Waals surface area contributed by atoms with Gasteiger partial charge in [0.05, 0.1) is 18.2 Å². The molecule has 0 radical (unpaired) electrons. The monoisotopic (exact) mass is 217 g/mol. The van der Waals surface area contributed by atoms with Crippen LogP contribution in [0.25, 0.3) is 11.3 Å². The molecule has 2 aromatic heterocycles. The third-order valence-corrected chi connectivity index (χ3v) is 2.12. The Labute approximate surface area is 91.9 Å². The second kappa shape index (κ2) is 4.01. The second-order valence-corrected chi connectivity index (χ2v) is 3.34. The topological polar surface area (TPSA) is 99.8 Å². The highest BCUT2D eigenvalue weighted by Crippen LogP contribution is 2.18. The molecule has 0 saturated heterocycles. The fraction of sp³-hybridized carbons (Fsp3) is 0.100. The molecule has 0 unspecified atom stereocenters. The molecule has 0 saturated carbocycles. The van der Waals surface area contributed by atoms with Gasteiger partial charge in [0, 0.05) is 11.8 Å². The molecule has 6 heteroatoms. The van der Waals surface area contributed by atoms with Crippen LogP contribution < -0.4 is 11.5 Å². The Bertz CT molecular complexity index is 502. The zero-order valence-corrected chi connectivity index (χ0v) is 8.50. The minimum Gasteiger partial charge on any atom is -0.384 e. The highest BCUT2D eigenvalue weighted by atomic mass is 16.1. The number of imidazole rings is 1. The van der Waals surface area contributed by atoms with E-state index in [1.807, 2.05) is 6.07 Å². The van der Waals surface area contributed by atoms with Gasteiger partial charge in [-0.25, -0.2) is 9.97 Å². The molecule has 4 N–H and O–H groups in total. The van der Waals surface area contributed by atoms with E-state index >= 15 is 0 Å². The average molecular weight is 217 g/mol. The summed E-state index contributed by atoms with van der Waals surface area (Å²) in [6, 6.07) is 3.51. The highest BCUT2D eigenvalue weighted by molar-refractivity contribution is 5.74. The Kier molecular flexibility index (Phi) is 2.55. The van der Waals surface area contributed by atoms with Crippen molar-refractivity contribution in [2.75, 3.05) is 5.73 Å². The lowest BCUT2D eigenvalue weighted by atomic mass is 10.2. The Hall–Kier alpha value is -2.37. The Balaban J connectivity index is 2.36. The zero-order valence-electron chi connectivity index (χ0n) is 8.50. The maximum atomic E-state index is 10.8. The first-order valence-corrected chi connectivity index (χ1v) is 4.67. The van der Waals surface area contributed by atoms with Gasteiger partial charge in [-0.3, -0.25) is 4.79 Å². The Morgan fingerprint density at radius 3 is 2.81 bits per heavy atom.